The van der Waals surface area contributed by atoms with Gasteiger partial charge in [-0.25, -0.2) is 0 Å². The fourth-order valence-corrected chi connectivity index (χ4v) is 4.14. The minimum Gasteiger partial charge on any atom is -0.489 e. The lowest BCUT2D eigenvalue weighted by atomic mass is 9.95. The van der Waals surface area contributed by atoms with E-state index < -0.39 is 0 Å². The third-order valence-corrected chi connectivity index (χ3v) is 5.99. The van der Waals surface area contributed by atoms with Gasteiger partial charge in [-0.2, -0.15) is 0 Å². The highest BCUT2D eigenvalue weighted by atomic mass is 16.5. The van der Waals surface area contributed by atoms with Gasteiger partial charge in [0.2, 0.25) is 0 Å². The zero-order valence-electron chi connectivity index (χ0n) is 17.6. The van der Waals surface area contributed by atoms with Crippen LogP contribution < -0.4 is 20.9 Å². The number of rotatable bonds is 3. The van der Waals surface area contributed by atoms with Gasteiger partial charge >= 0.3 is 0 Å². The Hall–Kier alpha value is -2.60. The van der Waals surface area contributed by atoms with E-state index in [9.17, 15) is 0 Å². The first-order chi connectivity index (χ1) is 14.7. The van der Waals surface area contributed by atoms with Crippen LogP contribution >= 0.6 is 0 Å². The minimum atomic E-state index is -0.166. The molecule has 4 N–H and O–H groups in total. The van der Waals surface area contributed by atoms with Crippen molar-refractivity contribution in [1.82, 2.24) is 4.90 Å². The second kappa shape index (κ2) is 9.47. The Balaban J connectivity index is 0.000000230. The number of likely N-dealkylation sites (N-methyl/N-ethyl adjacent to an activating group) is 1. The van der Waals surface area contributed by atoms with Gasteiger partial charge in [0.1, 0.15) is 24.7 Å². The van der Waals surface area contributed by atoms with E-state index in [0.29, 0.717) is 19.3 Å². The van der Waals surface area contributed by atoms with Crippen molar-refractivity contribution in [3.05, 3.63) is 70.8 Å². The first-order valence-electron chi connectivity index (χ1n) is 10.7. The summed E-state index contributed by atoms with van der Waals surface area (Å²) in [5.74, 6) is 1.83. The highest BCUT2D eigenvalue weighted by Crippen LogP contribution is 2.31. The fraction of sp³-hybridized carbons (Fsp3) is 0.360. The number of nitrogens with two attached hydrogens (primary N) is 2. The molecule has 0 aliphatic carbocycles. The van der Waals surface area contributed by atoms with Gasteiger partial charge in [-0.05, 0) is 74.0 Å². The number of benzene rings is 2. The smallest absolute Gasteiger partial charge is 0.127 e. The molecule has 2 aromatic carbocycles. The summed E-state index contributed by atoms with van der Waals surface area (Å²) in [5, 5.41) is 0. The summed E-state index contributed by atoms with van der Waals surface area (Å²) in [5.41, 5.74) is 16.3. The molecular formula is C25H31N3O2. The molecular weight excluding hydrogens is 374 g/mol. The van der Waals surface area contributed by atoms with Crippen LogP contribution in [-0.4, -0.2) is 44.3 Å². The van der Waals surface area contributed by atoms with Gasteiger partial charge in [0.25, 0.3) is 0 Å². The van der Waals surface area contributed by atoms with E-state index in [0.717, 1.165) is 40.3 Å². The van der Waals surface area contributed by atoms with Crippen LogP contribution in [-0.2, 0) is 0 Å². The van der Waals surface area contributed by atoms with Gasteiger partial charge < -0.3 is 25.8 Å². The maximum atomic E-state index is 6.45. The molecule has 3 aliphatic rings. The molecule has 5 nitrogen and oxygen atoms in total. The molecule has 158 valence electrons. The molecule has 2 aromatic rings. The maximum Gasteiger partial charge on any atom is 0.127 e. The van der Waals surface area contributed by atoms with E-state index in [1.165, 1.54) is 19.4 Å². The quantitative estimate of drug-likeness (QED) is 0.816. The fourth-order valence-electron chi connectivity index (χ4n) is 4.14. The Morgan fingerprint density at radius 2 is 1.53 bits per heavy atom. The lowest BCUT2D eigenvalue weighted by Crippen LogP contribution is -2.31. The normalized spacial score (nSPS) is 19.4. The second-order valence-corrected chi connectivity index (χ2v) is 8.01. The van der Waals surface area contributed by atoms with Crippen LogP contribution in [0.2, 0.25) is 0 Å². The topological polar surface area (TPSA) is 73.7 Å². The van der Waals surface area contributed by atoms with E-state index in [2.05, 4.69) is 36.2 Å². The Morgan fingerprint density at radius 1 is 0.967 bits per heavy atom. The van der Waals surface area contributed by atoms with Crippen molar-refractivity contribution in [2.75, 3.05) is 33.4 Å². The van der Waals surface area contributed by atoms with Crippen LogP contribution in [0.1, 0.15) is 41.1 Å². The third kappa shape index (κ3) is 4.59. The average Bonchev–Trinajstić information content (AvgIpc) is 3.23. The molecule has 0 saturated carbocycles. The predicted octanol–water partition coefficient (Wildman–Crippen LogP) is 3.59. The largest absolute Gasteiger partial charge is 0.489 e. The second-order valence-electron chi connectivity index (χ2n) is 8.01. The van der Waals surface area contributed by atoms with Gasteiger partial charge in [0.05, 0.1) is 6.04 Å². The molecule has 0 bridgehead atoms. The van der Waals surface area contributed by atoms with Crippen LogP contribution in [0.25, 0.3) is 12.2 Å². The number of fused-ring (bicyclic) bond motifs is 2. The van der Waals surface area contributed by atoms with Crippen molar-refractivity contribution in [3.8, 4) is 11.5 Å². The molecule has 1 saturated heterocycles. The van der Waals surface area contributed by atoms with Gasteiger partial charge in [-0.3, -0.25) is 0 Å². The number of ether oxygens (including phenoxy) is 2. The molecule has 0 spiro atoms. The molecule has 3 heterocycles. The summed E-state index contributed by atoms with van der Waals surface area (Å²) in [7, 11) is 2.14. The first-order valence-corrected chi connectivity index (χ1v) is 10.7. The molecule has 0 aromatic heterocycles. The van der Waals surface area contributed by atoms with Crippen LogP contribution in [0.3, 0.4) is 0 Å². The summed E-state index contributed by atoms with van der Waals surface area (Å²) < 4.78 is 11.2. The van der Waals surface area contributed by atoms with E-state index in [4.69, 9.17) is 20.9 Å². The van der Waals surface area contributed by atoms with Crippen molar-refractivity contribution < 1.29 is 9.47 Å². The van der Waals surface area contributed by atoms with E-state index >= 15 is 0 Å². The van der Waals surface area contributed by atoms with Crippen molar-refractivity contribution in [2.24, 2.45) is 11.5 Å². The van der Waals surface area contributed by atoms with Gasteiger partial charge in [-0.15, -0.1) is 0 Å². The van der Waals surface area contributed by atoms with Gasteiger partial charge in [-0.1, -0.05) is 24.3 Å². The number of likely N-dealkylation sites (tertiary alicyclic amines) is 1. The first kappa shape index (κ1) is 20.7. The Bertz CT molecular complexity index is 872. The monoisotopic (exact) mass is 405 g/mol. The highest BCUT2D eigenvalue weighted by Gasteiger charge is 2.18. The van der Waals surface area contributed by atoms with Crippen molar-refractivity contribution >= 4 is 12.2 Å². The number of hydrogen-bond acceptors (Lipinski definition) is 5. The van der Waals surface area contributed by atoms with Crippen molar-refractivity contribution in [3.63, 3.8) is 0 Å². The minimum absolute atomic E-state index is 0.166. The van der Waals surface area contributed by atoms with Crippen LogP contribution in [0.15, 0.2) is 48.6 Å². The Morgan fingerprint density at radius 3 is 1.97 bits per heavy atom. The Kier molecular flexibility index (Phi) is 6.53. The zero-order chi connectivity index (χ0) is 20.9. The lowest BCUT2D eigenvalue weighted by molar-refractivity contribution is 0.317. The van der Waals surface area contributed by atoms with E-state index in [1.807, 2.05) is 36.4 Å². The average molecular weight is 406 g/mol. The van der Waals surface area contributed by atoms with Gasteiger partial charge in [0.15, 0.2) is 0 Å². The standard InChI is InChI=1S/C19H17NO2.C6H14N2/c20-19(15-5-7-17-13(11-15)3-1-9-21-17)16-6-8-18-14(12-16)4-2-10-22-18;1-8-4-2-3-6(8)5-7/h1-8,11-12,19H,9-10,20H2;6H,2-5,7H2,1H3. The molecule has 3 aliphatic heterocycles. The van der Waals surface area contributed by atoms with E-state index in [-0.39, 0.29) is 6.04 Å². The van der Waals surface area contributed by atoms with Gasteiger partial charge in [0, 0.05) is 23.7 Å². The van der Waals surface area contributed by atoms with Crippen molar-refractivity contribution in [2.45, 2.75) is 24.9 Å². The summed E-state index contributed by atoms with van der Waals surface area (Å²) in [6, 6.07) is 12.8. The molecule has 0 radical (unpaired) electrons. The molecule has 1 atom stereocenters. The third-order valence-electron chi connectivity index (χ3n) is 5.99. The Labute approximate surface area is 179 Å². The lowest BCUT2D eigenvalue weighted by Gasteiger charge is -2.19. The number of hydrogen-bond donors (Lipinski definition) is 2. The van der Waals surface area contributed by atoms with E-state index in [1.54, 1.807) is 0 Å². The van der Waals surface area contributed by atoms with Crippen LogP contribution in [0, 0.1) is 0 Å². The highest BCUT2D eigenvalue weighted by molar-refractivity contribution is 5.63. The zero-order valence-corrected chi connectivity index (χ0v) is 17.6. The summed E-state index contributed by atoms with van der Waals surface area (Å²) >= 11 is 0. The molecule has 1 fully saturated rings. The maximum absolute atomic E-state index is 6.45. The molecule has 0 amide bonds. The number of nitrogens with zero attached hydrogens (tertiary/aromatic N) is 1. The SMILES string of the molecule is CN1CCCC1CN.NC(c1ccc2c(c1)C=CCO2)c1ccc2c(c1)C=CCO2. The molecule has 5 rings (SSSR count). The molecule has 30 heavy (non-hydrogen) atoms. The van der Waals surface area contributed by atoms with Crippen LogP contribution in [0.5, 0.6) is 11.5 Å². The molecule has 5 heteroatoms. The summed E-state index contributed by atoms with van der Waals surface area (Å²) in [6.45, 7) is 3.34. The molecule has 1 unspecified atom stereocenters. The predicted molar refractivity (Wildman–Crippen MR) is 123 cm³/mol. The van der Waals surface area contributed by atoms with Crippen molar-refractivity contribution in [1.29, 1.82) is 0 Å². The van der Waals surface area contributed by atoms with Crippen LogP contribution in [0.4, 0.5) is 0 Å². The summed E-state index contributed by atoms with van der Waals surface area (Å²) in [6.07, 6.45) is 10.8. The summed E-state index contributed by atoms with van der Waals surface area (Å²) in [4.78, 5) is 2.33.